The number of carbonyl (C=O) groups excluding carboxylic acids is 1. The van der Waals surface area contributed by atoms with Gasteiger partial charge >= 0.3 is 0 Å². The fourth-order valence-electron chi connectivity index (χ4n) is 2.04. The highest BCUT2D eigenvalue weighted by molar-refractivity contribution is 5.92. The number of nitrogens with one attached hydrogen (secondary N) is 1. The smallest absolute Gasteiger partial charge is 0.244 e. The van der Waals surface area contributed by atoms with Crippen molar-refractivity contribution in [2.45, 2.75) is 24.9 Å². The predicted molar refractivity (Wildman–Crippen MR) is 73.8 cm³/mol. The molecular weight excluding hydrogens is 242 g/mol. The average Bonchev–Trinajstić information content (AvgIpc) is 2.41. The summed E-state index contributed by atoms with van der Waals surface area (Å²) in [5.74, 6) is 0.524. The molecule has 1 aliphatic carbocycles. The number of aliphatic hydroxyl groups is 1. The Morgan fingerprint density at radius 1 is 1.47 bits per heavy atom. The molecule has 1 fully saturated rings. The van der Waals surface area contributed by atoms with Gasteiger partial charge in [-0.1, -0.05) is 18.2 Å². The summed E-state index contributed by atoms with van der Waals surface area (Å²) in [6.45, 7) is 0.322. The molecule has 1 saturated carbocycles. The van der Waals surface area contributed by atoms with Crippen LogP contribution in [0.25, 0.3) is 6.08 Å². The maximum absolute atomic E-state index is 11.7. The highest BCUT2D eigenvalue weighted by atomic mass is 16.5. The number of carbonyl (C=O) groups is 1. The summed E-state index contributed by atoms with van der Waals surface area (Å²) in [4.78, 5) is 11.7. The summed E-state index contributed by atoms with van der Waals surface area (Å²) >= 11 is 0. The summed E-state index contributed by atoms with van der Waals surface area (Å²) in [7, 11) is 1.60. The van der Waals surface area contributed by atoms with E-state index in [9.17, 15) is 9.90 Å². The number of amides is 1. The van der Waals surface area contributed by atoms with Crippen LogP contribution in [0.4, 0.5) is 0 Å². The largest absolute Gasteiger partial charge is 0.496 e. The first kappa shape index (κ1) is 13.6. The number of benzene rings is 1. The molecule has 2 rings (SSSR count). The second-order valence-corrected chi connectivity index (χ2v) is 4.87. The molecule has 0 atom stereocenters. The molecule has 1 aromatic rings. The normalized spacial score (nSPS) is 16.9. The molecule has 0 spiro atoms. The van der Waals surface area contributed by atoms with E-state index < -0.39 is 5.60 Å². The van der Waals surface area contributed by atoms with Gasteiger partial charge in [-0.05, 0) is 31.4 Å². The summed E-state index contributed by atoms with van der Waals surface area (Å²) in [5, 5.41) is 12.6. The Kier molecular flexibility index (Phi) is 4.22. The Bertz CT molecular complexity index is 478. The third-order valence-corrected chi connectivity index (χ3v) is 3.43. The molecule has 4 heteroatoms. The van der Waals surface area contributed by atoms with Crippen molar-refractivity contribution in [1.82, 2.24) is 5.32 Å². The predicted octanol–water partition coefficient (Wildman–Crippen LogP) is 1.74. The molecule has 0 aliphatic heterocycles. The van der Waals surface area contributed by atoms with E-state index in [2.05, 4.69) is 5.32 Å². The van der Waals surface area contributed by atoms with Gasteiger partial charge in [0.05, 0.1) is 12.7 Å². The van der Waals surface area contributed by atoms with Gasteiger partial charge in [-0.2, -0.15) is 0 Å². The molecule has 4 nitrogen and oxygen atoms in total. The lowest BCUT2D eigenvalue weighted by atomic mass is 9.80. The van der Waals surface area contributed by atoms with Crippen LogP contribution in [-0.4, -0.2) is 30.3 Å². The lowest BCUT2D eigenvalue weighted by Crippen LogP contribution is -2.47. The Labute approximate surface area is 113 Å². The lowest BCUT2D eigenvalue weighted by Gasteiger charge is -2.36. The maximum atomic E-state index is 11.7. The quantitative estimate of drug-likeness (QED) is 0.794. The molecule has 19 heavy (non-hydrogen) atoms. The summed E-state index contributed by atoms with van der Waals surface area (Å²) in [6.07, 6.45) is 5.73. The number of methoxy groups -OCH3 is 1. The first-order valence-corrected chi connectivity index (χ1v) is 6.44. The number of para-hydroxylation sites is 1. The first-order valence-electron chi connectivity index (χ1n) is 6.44. The first-order chi connectivity index (χ1) is 9.13. The van der Waals surface area contributed by atoms with Gasteiger partial charge in [-0.3, -0.25) is 4.79 Å². The fraction of sp³-hybridized carbons (Fsp3) is 0.400. The van der Waals surface area contributed by atoms with Crippen LogP contribution in [0.3, 0.4) is 0 Å². The van der Waals surface area contributed by atoms with Crippen LogP contribution in [0.5, 0.6) is 5.75 Å². The van der Waals surface area contributed by atoms with Crippen molar-refractivity contribution in [2.24, 2.45) is 0 Å². The van der Waals surface area contributed by atoms with Gasteiger partial charge in [0.25, 0.3) is 0 Å². The van der Waals surface area contributed by atoms with Crippen LogP contribution in [0, 0.1) is 0 Å². The highest BCUT2D eigenvalue weighted by Gasteiger charge is 2.34. The maximum Gasteiger partial charge on any atom is 0.244 e. The van der Waals surface area contributed by atoms with Crippen LogP contribution < -0.4 is 10.1 Å². The van der Waals surface area contributed by atoms with Crippen LogP contribution in [0.15, 0.2) is 30.3 Å². The lowest BCUT2D eigenvalue weighted by molar-refractivity contribution is -0.118. The molecule has 2 N–H and O–H groups in total. The van der Waals surface area contributed by atoms with Crippen LogP contribution in [-0.2, 0) is 4.79 Å². The summed E-state index contributed by atoms with van der Waals surface area (Å²) in [6, 6.07) is 7.48. The van der Waals surface area contributed by atoms with Crippen molar-refractivity contribution < 1.29 is 14.6 Å². The second-order valence-electron chi connectivity index (χ2n) is 4.87. The van der Waals surface area contributed by atoms with Gasteiger partial charge in [0.2, 0.25) is 5.91 Å². The minimum Gasteiger partial charge on any atom is -0.496 e. The molecular formula is C15H19NO3. The fourth-order valence-corrected chi connectivity index (χ4v) is 2.04. The van der Waals surface area contributed by atoms with Gasteiger partial charge in [0, 0.05) is 18.2 Å². The number of hydrogen-bond donors (Lipinski definition) is 2. The van der Waals surface area contributed by atoms with E-state index in [1.54, 1.807) is 13.2 Å². The van der Waals surface area contributed by atoms with Gasteiger partial charge in [-0.15, -0.1) is 0 Å². The van der Waals surface area contributed by atoms with E-state index in [4.69, 9.17) is 4.74 Å². The van der Waals surface area contributed by atoms with Crippen molar-refractivity contribution in [2.75, 3.05) is 13.7 Å². The Hall–Kier alpha value is -1.81. The number of hydrogen-bond acceptors (Lipinski definition) is 3. The number of rotatable bonds is 5. The van der Waals surface area contributed by atoms with E-state index in [0.29, 0.717) is 6.54 Å². The van der Waals surface area contributed by atoms with Gasteiger partial charge in [0.15, 0.2) is 0 Å². The molecule has 1 aliphatic rings. The topological polar surface area (TPSA) is 58.6 Å². The van der Waals surface area contributed by atoms with Crippen LogP contribution in [0.2, 0.25) is 0 Å². The van der Waals surface area contributed by atoms with Crippen molar-refractivity contribution in [3.8, 4) is 5.75 Å². The molecule has 1 amide bonds. The van der Waals surface area contributed by atoms with E-state index in [1.165, 1.54) is 6.08 Å². The second kappa shape index (κ2) is 5.89. The van der Waals surface area contributed by atoms with E-state index in [-0.39, 0.29) is 5.91 Å². The van der Waals surface area contributed by atoms with E-state index in [1.807, 2.05) is 24.3 Å². The van der Waals surface area contributed by atoms with Crippen molar-refractivity contribution in [3.63, 3.8) is 0 Å². The number of ether oxygens (including phenoxy) is 1. The average molecular weight is 261 g/mol. The molecule has 0 bridgehead atoms. The van der Waals surface area contributed by atoms with Crippen molar-refractivity contribution in [3.05, 3.63) is 35.9 Å². The molecule has 1 aromatic carbocycles. The zero-order chi connectivity index (χ0) is 13.7. The third-order valence-electron chi connectivity index (χ3n) is 3.43. The summed E-state index contributed by atoms with van der Waals surface area (Å²) in [5.41, 5.74) is 0.163. The molecule has 0 saturated heterocycles. The van der Waals surface area contributed by atoms with E-state index in [0.717, 1.165) is 30.6 Å². The van der Waals surface area contributed by atoms with Crippen molar-refractivity contribution in [1.29, 1.82) is 0 Å². The van der Waals surface area contributed by atoms with Crippen molar-refractivity contribution >= 4 is 12.0 Å². The Morgan fingerprint density at radius 2 is 2.21 bits per heavy atom. The Morgan fingerprint density at radius 3 is 2.84 bits per heavy atom. The molecule has 0 unspecified atom stereocenters. The monoisotopic (exact) mass is 261 g/mol. The Balaban J connectivity index is 1.89. The SMILES string of the molecule is COc1ccccc1/C=C/C(=O)NCC1(O)CCC1. The highest BCUT2D eigenvalue weighted by Crippen LogP contribution is 2.30. The minimum atomic E-state index is -0.687. The molecule has 0 radical (unpaired) electrons. The zero-order valence-corrected chi connectivity index (χ0v) is 11.1. The van der Waals surface area contributed by atoms with Gasteiger partial charge in [0.1, 0.15) is 5.75 Å². The van der Waals surface area contributed by atoms with Crippen LogP contribution in [0.1, 0.15) is 24.8 Å². The molecule has 102 valence electrons. The molecule has 0 heterocycles. The summed E-state index contributed by atoms with van der Waals surface area (Å²) < 4.78 is 5.20. The minimum absolute atomic E-state index is 0.203. The van der Waals surface area contributed by atoms with Crippen LogP contribution >= 0.6 is 0 Å². The van der Waals surface area contributed by atoms with Gasteiger partial charge < -0.3 is 15.2 Å². The van der Waals surface area contributed by atoms with Gasteiger partial charge in [-0.25, -0.2) is 0 Å². The standard InChI is InChI=1S/C15H19NO3/c1-19-13-6-3-2-5-12(13)7-8-14(17)16-11-15(18)9-4-10-15/h2-3,5-8,18H,4,9-11H2,1H3,(H,16,17)/b8-7+. The van der Waals surface area contributed by atoms with E-state index >= 15 is 0 Å². The zero-order valence-electron chi connectivity index (χ0n) is 11.1. The third kappa shape index (κ3) is 3.58. The molecule has 0 aromatic heterocycles.